The van der Waals surface area contributed by atoms with Gasteiger partial charge in [-0.2, -0.15) is 11.2 Å². The first-order chi connectivity index (χ1) is 10.2. The molecule has 0 saturated carbocycles. The summed E-state index contributed by atoms with van der Waals surface area (Å²) in [6.45, 7) is 1.94. The van der Waals surface area contributed by atoms with Crippen LogP contribution in [-0.2, 0) is 17.3 Å². The molecule has 0 amide bonds. The summed E-state index contributed by atoms with van der Waals surface area (Å²) in [5, 5.41) is 4.45. The van der Waals surface area contributed by atoms with Crippen molar-refractivity contribution >= 4 is 9.69 Å². The topological polar surface area (TPSA) is 17.8 Å². The summed E-state index contributed by atoms with van der Waals surface area (Å²) >= 11 is 0.847. The molecule has 0 N–H and O–H groups in total. The van der Waals surface area contributed by atoms with Crippen molar-refractivity contribution in [1.82, 2.24) is 9.78 Å². The van der Waals surface area contributed by atoms with Crippen molar-refractivity contribution in [3.05, 3.63) is 72.2 Å². The monoisotopic (exact) mass is 350 g/mol. The van der Waals surface area contributed by atoms with E-state index in [1.54, 1.807) is 10.7 Å². The van der Waals surface area contributed by atoms with Crippen molar-refractivity contribution < 1.29 is 21.7 Å². The van der Waals surface area contributed by atoms with Crippen LogP contribution in [0.1, 0.15) is 5.69 Å². The SMILES string of the molecule is Cc1cc(-c2ccccc2)n(-c2[c-]cc(F)cc2)n1.[Cl][Zn+]. The summed E-state index contributed by atoms with van der Waals surface area (Å²) in [5.74, 6) is -0.297. The van der Waals surface area contributed by atoms with Gasteiger partial charge in [-0.3, -0.25) is 9.07 Å². The van der Waals surface area contributed by atoms with Crippen molar-refractivity contribution in [3.8, 4) is 16.9 Å². The summed E-state index contributed by atoms with van der Waals surface area (Å²) in [6.07, 6.45) is 0. The molecular weight excluding hydrogens is 340 g/mol. The minimum atomic E-state index is -0.297. The molecule has 21 heavy (non-hydrogen) atoms. The molecule has 5 heteroatoms. The zero-order valence-electron chi connectivity index (χ0n) is 11.6. The third kappa shape index (κ3) is 3.78. The Bertz CT molecular complexity index is 696. The van der Waals surface area contributed by atoms with Crippen LogP contribution < -0.4 is 0 Å². The van der Waals surface area contributed by atoms with Crippen LogP contribution in [0.3, 0.4) is 0 Å². The third-order valence-corrected chi connectivity index (χ3v) is 2.89. The van der Waals surface area contributed by atoms with E-state index in [1.807, 2.05) is 43.3 Å². The van der Waals surface area contributed by atoms with Crippen LogP contribution in [0.25, 0.3) is 16.9 Å². The first-order valence-corrected chi connectivity index (χ1v) is 10.2. The van der Waals surface area contributed by atoms with Gasteiger partial charge in [0.05, 0.1) is 11.4 Å². The zero-order valence-corrected chi connectivity index (χ0v) is 15.3. The Kier molecular flexibility index (Phi) is 5.66. The number of hydrogen-bond donors (Lipinski definition) is 0. The summed E-state index contributed by atoms with van der Waals surface area (Å²) in [5.41, 5.74) is 3.69. The molecule has 0 spiro atoms. The number of nitrogens with zero attached hydrogens (tertiary/aromatic N) is 2. The molecule has 2 aromatic carbocycles. The van der Waals surface area contributed by atoms with Gasteiger partial charge in [-0.25, -0.2) is 0 Å². The standard InChI is InChI=1S/C16H12FN2.ClH.Zn/c1-12-11-16(13-5-3-2-4-6-13)19(18-12)15-9-7-14(17)8-10-15;;/h2-9,11H,1H3;1H;/q-1;;+2/p-1. The van der Waals surface area contributed by atoms with Gasteiger partial charge >= 0.3 is 27.0 Å². The van der Waals surface area contributed by atoms with Crippen LogP contribution in [0, 0.1) is 18.8 Å². The molecule has 0 aliphatic heterocycles. The maximum atomic E-state index is 13.0. The van der Waals surface area contributed by atoms with Gasteiger partial charge < -0.3 is 0 Å². The zero-order chi connectivity index (χ0) is 15.2. The molecular formula is C16H12ClFN2Zn. The summed E-state index contributed by atoms with van der Waals surface area (Å²) in [4.78, 5) is 0. The third-order valence-electron chi connectivity index (χ3n) is 2.89. The van der Waals surface area contributed by atoms with E-state index in [0.29, 0.717) is 0 Å². The van der Waals surface area contributed by atoms with E-state index in [2.05, 4.69) is 11.2 Å². The first kappa shape index (κ1) is 15.9. The molecule has 0 saturated heterocycles. The van der Waals surface area contributed by atoms with Crippen LogP contribution in [0.2, 0.25) is 0 Å². The average Bonchev–Trinajstić information content (AvgIpc) is 2.93. The van der Waals surface area contributed by atoms with E-state index in [0.717, 1.165) is 40.0 Å². The summed E-state index contributed by atoms with van der Waals surface area (Å²) in [7, 11) is 4.76. The molecule has 102 valence electrons. The fraction of sp³-hybridized carbons (Fsp3) is 0.0625. The van der Waals surface area contributed by atoms with Crippen LogP contribution in [-0.4, -0.2) is 9.78 Å². The Balaban J connectivity index is 0.000000774. The van der Waals surface area contributed by atoms with Crippen molar-refractivity contribution in [3.63, 3.8) is 0 Å². The van der Waals surface area contributed by atoms with Gasteiger partial charge in [-0.15, -0.1) is 18.2 Å². The number of rotatable bonds is 2. The Hall–Kier alpha value is -1.51. The second-order valence-electron chi connectivity index (χ2n) is 4.34. The van der Waals surface area contributed by atoms with Crippen LogP contribution in [0.5, 0.6) is 0 Å². The molecule has 0 unspecified atom stereocenters. The Morgan fingerprint density at radius 3 is 2.48 bits per heavy atom. The maximum absolute atomic E-state index is 13.0. The minimum absolute atomic E-state index is 0.297. The molecule has 1 heterocycles. The second kappa shape index (κ2) is 7.49. The van der Waals surface area contributed by atoms with E-state index in [4.69, 9.17) is 9.69 Å². The molecule has 0 bridgehead atoms. The summed E-state index contributed by atoms with van der Waals surface area (Å²) < 4.78 is 14.8. The van der Waals surface area contributed by atoms with Crippen LogP contribution in [0.15, 0.2) is 54.6 Å². The molecule has 0 aliphatic carbocycles. The first-order valence-electron chi connectivity index (χ1n) is 6.30. The molecule has 3 aromatic rings. The van der Waals surface area contributed by atoms with Gasteiger partial charge in [0.25, 0.3) is 0 Å². The van der Waals surface area contributed by atoms with Gasteiger partial charge in [0.15, 0.2) is 0 Å². The van der Waals surface area contributed by atoms with Crippen molar-refractivity contribution in [2.24, 2.45) is 0 Å². The second-order valence-corrected chi connectivity index (χ2v) is 4.34. The quantitative estimate of drug-likeness (QED) is 0.491. The Labute approximate surface area is 137 Å². The van der Waals surface area contributed by atoms with E-state index in [1.165, 1.54) is 12.1 Å². The number of aryl methyl sites for hydroxylation is 1. The number of halogens is 2. The van der Waals surface area contributed by atoms with E-state index < -0.39 is 0 Å². The fourth-order valence-corrected chi connectivity index (χ4v) is 2.03. The molecule has 0 aliphatic rings. The Morgan fingerprint density at radius 1 is 1.14 bits per heavy atom. The van der Waals surface area contributed by atoms with Crippen molar-refractivity contribution in [2.45, 2.75) is 6.92 Å². The van der Waals surface area contributed by atoms with Gasteiger partial charge in [-0.05, 0) is 18.7 Å². The molecule has 1 aromatic heterocycles. The predicted molar refractivity (Wildman–Crippen MR) is 78.4 cm³/mol. The van der Waals surface area contributed by atoms with E-state index in [9.17, 15) is 4.39 Å². The van der Waals surface area contributed by atoms with Crippen molar-refractivity contribution in [1.29, 1.82) is 0 Å². The molecule has 0 fully saturated rings. The van der Waals surface area contributed by atoms with Gasteiger partial charge in [0.1, 0.15) is 0 Å². The van der Waals surface area contributed by atoms with E-state index >= 15 is 0 Å². The van der Waals surface area contributed by atoms with Gasteiger partial charge in [0, 0.05) is 11.4 Å². The Morgan fingerprint density at radius 2 is 1.86 bits per heavy atom. The molecule has 3 rings (SSSR count). The van der Waals surface area contributed by atoms with Crippen LogP contribution >= 0.6 is 9.69 Å². The van der Waals surface area contributed by atoms with Crippen LogP contribution in [0.4, 0.5) is 4.39 Å². The fourth-order valence-electron chi connectivity index (χ4n) is 2.03. The van der Waals surface area contributed by atoms with Gasteiger partial charge in [0.2, 0.25) is 0 Å². The normalized spacial score (nSPS) is 9.95. The number of benzene rings is 2. The molecule has 0 radical (unpaired) electrons. The molecule has 0 atom stereocenters. The van der Waals surface area contributed by atoms with Crippen molar-refractivity contribution in [2.75, 3.05) is 0 Å². The average molecular weight is 352 g/mol. The summed E-state index contributed by atoms with van der Waals surface area (Å²) in [6, 6.07) is 19.3. The van der Waals surface area contributed by atoms with Gasteiger partial charge in [-0.1, -0.05) is 30.3 Å². The van der Waals surface area contributed by atoms with E-state index in [-0.39, 0.29) is 5.82 Å². The number of aromatic nitrogens is 2. The predicted octanol–water partition coefficient (Wildman–Crippen LogP) is 4.47. The molecule has 2 nitrogen and oxygen atoms in total. The number of hydrogen-bond acceptors (Lipinski definition) is 1.